The first kappa shape index (κ1) is 9.66. The van der Waals surface area contributed by atoms with Gasteiger partial charge in [-0.05, 0) is 31.5 Å². The number of ether oxygens (including phenoxy) is 1. The average Bonchev–Trinajstić information content (AvgIpc) is 2.77. The first-order chi connectivity index (χ1) is 7.49. The lowest BCUT2D eigenvalue weighted by molar-refractivity contribution is 0.325. The smallest absolute Gasteiger partial charge is 0.408 e. The number of benzene rings is 1. The molecule has 1 fully saturated rings. The number of hydrogen-bond acceptors (Lipinski definition) is 3. The molecule has 4 nitrogen and oxygen atoms in total. The van der Waals surface area contributed by atoms with E-state index in [1.807, 2.05) is 32.0 Å². The fourth-order valence-electron chi connectivity index (χ4n) is 2.05. The van der Waals surface area contributed by atoms with E-state index in [1.165, 1.54) is 4.57 Å². The number of hydrogen-bond donors (Lipinski definition) is 0. The number of aryl methyl sites for hydroxylation is 1. The second-order valence-electron chi connectivity index (χ2n) is 4.76. The molecule has 0 radical (unpaired) electrons. The van der Waals surface area contributed by atoms with E-state index < -0.39 is 0 Å². The van der Waals surface area contributed by atoms with Gasteiger partial charge in [0.25, 0.3) is 0 Å². The van der Waals surface area contributed by atoms with E-state index in [4.69, 9.17) is 9.15 Å². The van der Waals surface area contributed by atoms with Crippen molar-refractivity contribution in [2.24, 2.45) is 7.05 Å². The van der Waals surface area contributed by atoms with Gasteiger partial charge in [-0.25, -0.2) is 4.79 Å². The van der Waals surface area contributed by atoms with Gasteiger partial charge in [-0.1, -0.05) is 6.07 Å². The van der Waals surface area contributed by atoms with Crippen LogP contribution in [0.15, 0.2) is 27.4 Å². The van der Waals surface area contributed by atoms with Crippen LogP contribution in [0.2, 0.25) is 0 Å². The topological polar surface area (TPSA) is 47.7 Å². The molecule has 1 saturated heterocycles. The van der Waals surface area contributed by atoms with Gasteiger partial charge in [0, 0.05) is 7.05 Å². The molecule has 1 aromatic carbocycles. The van der Waals surface area contributed by atoms with Gasteiger partial charge in [0.1, 0.15) is 6.10 Å². The van der Waals surface area contributed by atoms with E-state index in [0.29, 0.717) is 5.58 Å². The summed E-state index contributed by atoms with van der Waals surface area (Å²) in [5, 5.41) is 0. The lowest BCUT2D eigenvalue weighted by atomic mass is 10.0. The van der Waals surface area contributed by atoms with Crippen LogP contribution in [0.25, 0.3) is 11.1 Å². The molecule has 1 atom stereocenters. The van der Waals surface area contributed by atoms with E-state index in [2.05, 4.69) is 0 Å². The Bertz CT molecular complexity index is 621. The Morgan fingerprint density at radius 3 is 2.69 bits per heavy atom. The number of aromatic nitrogens is 1. The largest absolute Gasteiger partial charge is 0.419 e. The third kappa shape index (κ3) is 1.23. The Kier molecular flexibility index (Phi) is 1.67. The molecule has 2 heterocycles. The van der Waals surface area contributed by atoms with Gasteiger partial charge in [-0.2, -0.15) is 0 Å². The first-order valence-electron chi connectivity index (χ1n) is 5.26. The highest BCUT2D eigenvalue weighted by Gasteiger charge is 2.48. The number of nitrogens with zero attached hydrogens (tertiary/aromatic N) is 1. The summed E-state index contributed by atoms with van der Waals surface area (Å²) >= 11 is 0. The summed E-state index contributed by atoms with van der Waals surface area (Å²) in [6.07, 6.45) is 0.113. The van der Waals surface area contributed by atoms with Crippen molar-refractivity contribution in [1.29, 1.82) is 0 Å². The molecule has 2 aromatic rings. The zero-order chi connectivity index (χ0) is 11.5. The fourth-order valence-corrected chi connectivity index (χ4v) is 2.05. The molecule has 1 aromatic heterocycles. The molecule has 0 amide bonds. The van der Waals surface area contributed by atoms with E-state index in [9.17, 15) is 4.79 Å². The summed E-state index contributed by atoms with van der Waals surface area (Å²) in [5.74, 6) is -0.330. The molecule has 1 aliphatic rings. The summed E-state index contributed by atoms with van der Waals surface area (Å²) in [6.45, 7) is 4.09. The number of fused-ring (bicyclic) bond motifs is 1. The second kappa shape index (κ2) is 2.77. The third-order valence-corrected chi connectivity index (χ3v) is 3.11. The molecular weight excluding hydrogens is 206 g/mol. The summed E-state index contributed by atoms with van der Waals surface area (Å²) < 4.78 is 12.2. The Balaban J connectivity index is 2.14. The Morgan fingerprint density at radius 2 is 2.06 bits per heavy atom. The standard InChI is InChI=1S/C12H13NO3/c1-12(2)10(16-12)7-4-5-8-9(6-7)15-11(14)13(8)3/h4-6,10H,1-3H3. The maximum atomic E-state index is 11.3. The molecule has 1 aliphatic heterocycles. The van der Waals surface area contributed by atoms with Crippen LogP contribution in [0, 0.1) is 0 Å². The van der Waals surface area contributed by atoms with Crippen molar-refractivity contribution in [3.63, 3.8) is 0 Å². The van der Waals surface area contributed by atoms with Gasteiger partial charge >= 0.3 is 5.76 Å². The monoisotopic (exact) mass is 219 g/mol. The average molecular weight is 219 g/mol. The maximum absolute atomic E-state index is 11.3. The quantitative estimate of drug-likeness (QED) is 0.689. The van der Waals surface area contributed by atoms with Gasteiger partial charge in [0.15, 0.2) is 5.58 Å². The highest BCUT2D eigenvalue weighted by molar-refractivity contribution is 5.74. The predicted molar refractivity (Wildman–Crippen MR) is 59.4 cm³/mol. The van der Waals surface area contributed by atoms with E-state index in [0.717, 1.165) is 11.1 Å². The predicted octanol–water partition coefficient (Wildman–Crippen LogP) is 1.98. The maximum Gasteiger partial charge on any atom is 0.419 e. The highest BCUT2D eigenvalue weighted by Crippen LogP contribution is 2.49. The van der Waals surface area contributed by atoms with Crippen LogP contribution in [0.1, 0.15) is 25.5 Å². The molecule has 0 N–H and O–H groups in total. The Labute approximate surface area is 92.4 Å². The molecule has 0 aliphatic carbocycles. The van der Waals surface area contributed by atoms with Crippen molar-refractivity contribution in [3.8, 4) is 0 Å². The Hall–Kier alpha value is -1.55. The van der Waals surface area contributed by atoms with E-state index >= 15 is 0 Å². The minimum atomic E-state index is -0.330. The molecular formula is C12H13NO3. The summed E-state index contributed by atoms with van der Waals surface area (Å²) in [5.41, 5.74) is 2.40. The number of oxazole rings is 1. The van der Waals surface area contributed by atoms with Crippen molar-refractivity contribution in [2.75, 3.05) is 0 Å². The molecule has 0 saturated carbocycles. The SMILES string of the molecule is Cn1c(=O)oc2cc(C3OC3(C)C)ccc21. The number of rotatable bonds is 1. The van der Waals surface area contributed by atoms with Gasteiger partial charge in [-0.3, -0.25) is 4.57 Å². The number of epoxide rings is 1. The molecule has 84 valence electrons. The first-order valence-corrected chi connectivity index (χ1v) is 5.26. The van der Waals surface area contributed by atoms with Crippen molar-refractivity contribution >= 4 is 11.1 Å². The highest BCUT2D eigenvalue weighted by atomic mass is 16.6. The molecule has 3 rings (SSSR count). The second-order valence-corrected chi connectivity index (χ2v) is 4.76. The van der Waals surface area contributed by atoms with Gasteiger partial charge in [0.2, 0.25) is 0 Å². The summed E-state index contributed by atoms with van der Waals surface area (Å²) in [7, 11) is 1.70. The van der Waals surface area contributed by atoms with Gasteiger partial charge < -0.3 is 9.15 Å². The van der Waals surface area contributed by atoms with Gasteiger partial charge in [-0.15, -0.1) is 0 Å². The van der Waals surface area contributed by atoms with Crippen LogP contribution in [0.5, 0.6) is 0 Å². The Morgan fingerprint density at radius 1 is 1.38 bits per heavy atom. The lowest BCUT2D eigenvalue weighted by Gasteiger charge is -1.98. The van der Waals surface area contributed by atoms with Crippen molar-refractivity contribution in [3.05, 3.63) is 34.3 Å². The molecule has 4 heteroatoms. The lowest BCUT2D eigenvalue weighted by Crippen LogP contribution is -2.08. The molecule has 1 unspecified atom stereocenters. The van der Waals surface area contributed by atoms with Crippen LogP contribution in [0.3, 0.4) is 0 Å². The minimum absolute atomic E-state index is 0.0945. The van der Waals surface area contributed by atoms with Crippen LogP contribution < -0.4 is 5.76 Å². The summed E-state index contributed by atoms with van der Waals surface area (Å²) in [6, 6.07) is 5.76. The normalized spacial score (nSPS) is 22.6. The van der Waals surface area contributed by atoms with Crippen LogP contribution in [-0.2, 0) is 11.8 Å². The zero-order valence-corrected chi connectivity index (χ0v) is 9.48. The summed E-state index contributed by atoms with van der Waals surface area (Å²) in [4.78, 5) is 11.3. The zero-order valence-electron chi connectivity index (χ0n) is 9.48. The van der Waals surface area contributed by atoms with Crippen molar-refractivity contribution in [1.82, 2.24) is 4.57 Å². The van der Waals surface area contributed by atoms with Crippen LogP contribution in [0.4, 0.5) is 0 Å². The van der Waals surface area contributed by atoms with Crippen molar-refractivity contribution < 1.29 is 9.15 Å². The van der Waals surface area contributed by atoms with E-state index in [-0.39, 0.29) is 17.5 Å². The van der Waals surface area contributed by atoms with Crippen molar-refractivity contribution in [2.45, 2.75) is 25.6 Å². The van der Waals surface area contributed by atoms with Gasteiger partial charge in [0.05, 0.1) is 11.1 Å². The minimum Gasteiger partial charge on any atom is -0.408 e. The van der Waals surface area contributed by atoms with E-state index in [1.54, 1.807) is 7.05 Å². The molecule has 0 spiro atoms. The van der Waals surface area contributed by atoms with Crippen LogP contribution in [-0.4, -0.2) is 10.2 Å². The molecule has 16 heavy (non-hydrogen) atoms. The fraction of sp³-hybridized carbons (Fsp3) is 0.417. The van der Waals surface area contributed by atoms with Crippen LogP contribution >= 0.6 is 0 Å². The third-order valence-electron chi connectivity index (χ3n) is 3.11. The molecule has 0 bridgehead atoms.